The van der Waals surface area contributed by atoms with Crippen LogP contribution >= 0.6 is 0 Å². The van der Waals surface area contributed by atoms with Gasteiger partial charge >= 0.3 is 39.2 Å². The first-order valence-corrected chi connectivity index (χ1v) is 12.2. The van der Waals surface area contributed by atoms with E-state index < -0.39 is 76.0 Å². The van der Waals surface area contributed by atoms with Crippen LogP contribution in [0.2, 0.25) is 0 Å². The summed E-state index contributed by atoms with van der Waals surface area (Å²) in [7, 11) is -5.82. The van der Waals surface area contributed by atoms with Crippen molar-refractivity contribution >= 4 is 34.0 Å². The first-order chi connectivity index (χ1) is 15.5. The molecule has 11 nitrogen and oxygen atoms in total. The van der Waals surface area contributed by atoms with Gasteiger partial charge in [0.05, 0.1) is 12.8 Å². The summed E-state index contributed by atoms with van der Waals surface area (Å²) in [5.41, 5.74) is -0.752. The predicted octanol–water partition coefficient (Wildman–Crippen LogP) is 1.92. The van der Waals surface area contributed by atoms with Gasteiger partial charge in [-0.05, 0) is 39.5 Å². The molecule has 0 spiro atoms. The van der Waals surface area contributed by atoms with Crippen LogP contribution < -0.4 is 0 Å². The van der Waals surface area contributed by atoms with Gasteiger partial charge in [0.2, 0.25) is 12.2 Å². The minimum atomic E-state index is -5.82. The van der Waals surface area contributed by atoms with E-state index in [4.69, 9.17) is 18.8 Å². The molecule has 3 atom stereocenters. The minimum absolute atomic E-state index is 0.182. The molecule has 0 aromatic carbocycles. The van der Waals surface area contributed by atoms with Gasteiger partial charge in [-0.3, -0.25) is 14.1 Å². The van der Waals surface area contributed by atoms with Crippen molar-refractivity contribution in [1.29, 1.82) is 0 Å². The monoisotopic (exact) mass is 514 g/mol. The number of carbonyl (C=O) groups excluding carboxylic acids is 4. The smallest absolute Gasteiger partial charge is 0.405 e. The Morgan fingerprint density at radius 1 is 1.15 bits per heavy atom. The SMILES string of the molecule is CC(OC(=O)CCC(=O)OC1CC(C(=O)OC(C)(C)C2CCCC2)OC1=O)C(F)(F)S(=O)(=O)O. The summed E-state index contributed by atoms with van der Waals surface area (Å²) >= 11 is 0. The lowest BCUT2D eigenvalue weighted by molar-refractivity contribution is -0.176. The van der Waals surface area contributed by atoms with Crippen molar-refractivity contribution in [3.63, 3.8) is 0 Å². The maximum absolute atomic E-state index is 13.4. The Hall–Kier alpha value is -2.35. The third-order valence-corrected chi connectivity index (χ3v) is 6.87. The van der Waals surface area contributed by atoms with E-state index in [1.165, 1.54) is 0 Å². The van der Waals surface area contributed by atoms with E-state index in [9.17, 15) is 36.4 Å². The van der Waals surface area contributed by atoms with Gasteiger partial charge in [-0.2, -0.15) is 17.2 Å². The Balaban J connectivity index is 1.80. The van der Waals surface area contributed by atoms with Crippen LogP contribution in [0.15, 0.2) is 0 Å². The zero-order valence-electron chi connectivity index (χ0n) is 19.0. The number of esters is 4. The molecule has 2 fully saturated rings. The third kappa shape index (κ3) is 6.84. The van der Waals surface area contributed by atoms with Crippen molar-refractivity contribution in [2.45, 2.75) is 94.9 Å². The third-order valence-electron chi connectivity index (χ3n) is 5.85. The summed E-state index contributed by atoms with van der Waals surface area (Å²) in [5.74, 6) is -3.99. The van der Waals surface area contributed by atoms with Crippen LogP contribution in [0.1, 0.15) is 65.7 Å². The molecular formula is C20H28F2O11S. The number of rotatable bonds is 10. The molecule has 0 bridgehead atoms. The molecule has 0 amide bonds. The Morgan fingerprint density at radius 2 is 1.71 bits per heavy atom. The maximum Gasteiger partial charge on any atom is 0.405 e. The first kappa shape index (κ1) is 27.9. The van der Waals surface area contributed by atoms with Crippen LogP contribution in [0.3, 0.4) is 0 Å². The van der Waals surface area contributed by atoms with Crippen LogP contribution in [-0.2, 0) is 48.2 Å². The van der Waals surface area contributed by atoms with E-state index in [0.717, 1.165) is 25.7 Å². The van der Waals surface area contributed by atoms with Crippen LogP contribution in [0.5, 0.6) is 0 Å². The van der Waals surface area contributed by atoms with Crippen LogP contribution in [0.25, 0.3) is 0 Å². The maximum atomic E-state index is 13.4. The summed E-state index contributed by atoms with van der Waals surface area (Å²) in [5, 5.41) is -4.74. The zero-order chi connectivity index (χ0) is 25.9. The van der Waals surface area contributed by atoms with Crippen LogP contribution in [-0.4, -0.2) is 66.0 Å². The molecule has 1 aliphatic carbocycles. The van der Waals surface area contributed by atoms with E-state index >= 15 is 0 Å². The molecule has 3 unspecified atom stereocenters. The molecule has 1 aliphatic heterocycles. The van der Waals surface area contributed by atoms with Crippen LogP contribution in [0, 0.1) is 5.92 Å². The number of cyclic esters (lactones) is 1. The summed E-state index contributed by atoms with van der Waals surface area (Å²) in [6, 6.07) is 0. The molecule has 1 N–H and O–H groups in total. The highest BCUT2D eigenvalue weighted by atomic mass is 32.2. The average molecular weight is 514 g/mol. The van der Waals surface area contributed by atoms with Crippen molar-refractivity contribution in [3.8, 4) is 0 Å². The number of ether oxygens (including phenoxy) is 4. The molecular weight excluding hydrogens is 486 g/mol. The van der Waals surface area contributed by atoms with E-state index in [1.54, 1.807) is 13.8 Å². The summed E-state index contributed by atoms with van der Waals surface area (Å²) in [4.78, 5) is 48.0. The van der Waals surface area contributed by atoms with Gasteiger partial charge in [0, 0.05) is 6.42 Å². The molecule has 1 heterocycles. The average Bonchev–Trinajstić information content (AvgIpc) is 3.36. The fraction of sp³-hybridized carbons (Fsp3) is 0.800. The van der Waals surface area contributed by atoms with Crippen molar-refractivity contribution in [2.75, 3.05) is 0 Å². The van der Waals surface area contributed by atoms with Gasteiger partial charge in [0.1, 0.15) is 5.60 Å². The summed E-state index contributed by atoms with van der Waals surface area (Å²) in [6.45, 7) is 4.10. The van der Waals surface area contributed by atoms with E-state index in [1.807, 2.05) is 0 Å². The predicted molar refractivity (Wildman–Crippen MR) is 108 cm³/mol. The fourth-order valence-corrected chi connectivity index (χ4v) is 4.25. The normalized spacial score (nSPS) is 22.7. The molecule has 2 aliphatic rings. The lowest BCUT2D eigenvalue weighted by Gasteiger charge is -2.32. The molecule has 2 rings (SSSR count). The van der Waals surface area contributed by atoms with Crippen LogP contribution in [0.4, 0.5) is 8.78 Å². The highest BCUT2D eigenvalue weighted by molar-refractivity contribution is 7.86. The largest absolute Gasteiger partial charge is 0.457 e. The standard InChI is InChI=1S/C20H28F2O11S/c1-11(20(21,22)34(27,28)29)30-15(23)8-9-16(24)31-13-10-14(32-17(13)25)18(26)33-19(2,3)12-6-4-5-7-12/h11-14H,4-10H2,1-3H3,(H,27,28,29). The quantitative estimate of drug-likeness (QED) is 0.258. The topological polar surface area (TPSA) is 160 Å². The van der Waals surface area contributed by atoms with Gasteiger partial charge in [0.25, 0.3) is 0 Å². The van der Waals surface area contributed by atoms with Crippen molar-refractivity contribution in [3.05, 3.63) is 0 Å². The Labute approximate surface area is 195 Å². The van der Waals surface area contributed by atoms with E-state index in [-0.39, 0.29) is 12.3 Å². The van der Waals surface area contributed by atoms with Gasteiger partial charge in [-0.25, -0.2) is 9.59 Å². The molecule has 1 saturated carbocycles. The van der Waals surface area contributed by atoms with E-state index in [2.05, 4.69) is 4.74 Å². The fourth-order valence-electron chi connectivity index (χ4n) is 3.78. The van der Waals surface area contributed by atoms with Gasteiger partial charge in [-0.1, -0.05) is 12.8 Å². The van der Waals surface area contributed by atoms with Crippen molar-refractivity contribution < 1.29 is 59.9 Å². The second-order valence-corrected chi connectivity index (χ2v) is 10.3. The minimum Gasteiger partial charge on any atom is -0.457 e. The highest BCUT2D eigenvalue weighted by Gasteiger charge is 2.52. The molecule has 0 aromatic heterocycles. The Bertz CT molecular complexity index is 909. The molecule has 194 valence electrons. The Morgan fingerprint density at radius 3 is 2.26 bits per heavy atom. The highest BCUT2D eigenvalue weighted by Crippen LogP contribution is 2.37. The zero-order valence-corrected chi connectivity index (χ0v) is 19.8. The second-order valence-electron chi connectivity index (χ2n) is 8.81. The number of hydrogen-bond donors (Lipinski definition) is 1. The number of carbonyl (C=O) groups is 4. The lowest BCUT2D eigenvalue weighted by atomic mass is 9.89. The molecule has 0 radical (unpaired) electrons. The first-order valence-electron chi connectivity index (χ1n) is 10.7. The molecule has 34 heavy (non-hydrogen) atoms. The van der Waals surface area contributed by atoms with Gasteiger partial charge in [-0.15, -0.1) is 0 Å². The lowest BCUT2D eigenvalue weighted by Crippen LogP contribution is -2.42. The number of hydrogen-bond acceptors (Lipinski definition) is 10. The molecule has 0 aromatic rings. The summed E-state index contributed by atoms with van der Waals surface area (Å²) < 4.78 is 76.2. The Kier molecular flexibility index (Phi) is 8.62. The number of alkyl halides is 2. The molecule has 14 heteroatoms. The van der Waals surface area contributed by atoms with Gasteiger partial charge < -0.3 is 18.9 Å². The summed E-state index contributed by atoms with van der Waals surface area (Å²) in [6.07, 6.45) is -3.03. The van der Waals surface area contributed by atoms with E-state index in [0.29, 0.717) is 6.92 Å². The second kappa shape index (κ2) is 10.5. The van der Waals surface area contributed by atoms with Crippen molar-refractivity contribution in [1.82, 2.24) is 0 Å². The van der Waals surface area contributed by atoms with Crippen molar-refractivity contribution in [2.24, 2.45) is 5.92 Å². The van der Waals surface area contributed by atoms with Gasteiger partial charge in [0.15, 0.2) is 6.10 Å². The number of halogens is 2. The molecule has 1 saturated heterocycles.